The number of nitrogens with zero attached hydrogens (tertiary/aromatic N) is 2. The number of ether oxygens (including phenoxy) is 1. The lowest BCUT2D eigenvalue weighted by Gasteiger charge is -2.28. The Balaban J connectivity index is 1.56. The van der Waals surface area contributed by atoms with Gasteiger partial charge in [-0.2, -0.15) is 0 Å². The maximum Gasteiger partial charge on any atom is 0.266 e. The van der Waals surface area contributed by atoms with Crippen LogP contribution in [-0.4, -0.2) is 24.5 Å². The fourth-order valence-corrected chi connectivity index (χ4v) is 4.31. The van der Waals surface area contributed by atoms with Crippen molar-refractivity contribution in [2.75, 3.05) is 16.6 Å². The van der Waals surface area contributed by atoms with Crippen LogP contribution in [0.1, 0.15) is 18.5 Å². The maximum atomic E-state index is 13.5. The van der Waals surface area contributed by atoms with Gasteiger partial charge in [0.15, 0.2) is 6.10 Å². The zero-order chi connectivity index (χ0) is 21.4. The molecule has 0 saturated carbocycles. The number of amides is 2. The fourth-order valence-electron chi connectivity index (χ4n) is 4.31. The van der Waals surface area contributed by atoms with Gasteiger partial charge in [0.25, 0.3) is 5.91 Å². The number of hydroxylamine groups is 1. The Morgan fingerprint density at radius 2 is 1.42 bits per heavy atom. The Kier molecular flexibility index (Phi) is 4.92. The molecule has 6 nitrogen and oxygen atoms in total. The van der Waals surface area contributed by atoms with Gasteiger partial charge in [0, 0.05) is 0 Å². The first-order valence-electron chi connectivity index (χ1n) is 10.4. The average Bonchev–Trinajstić information content (AvgIpc) is 3.32. The van der Waals surface area contributed by atoms with Crippen LogP contribution in [0.2, 0.25) is 0 Å². The van der Waals surface area contributed by atoms with Crippen molar-refractivity contribution in [2.45, 2.75) is 19.1 Å². The molecule has 0 N–H and O–H groups in total. The van der Waals surface area contributed by atoms with Gasteiger partial charge in [-0.15, -0.1) is 0 Å². The predicted molar refractivity (Wildman–Crippen MR) is 117 cm³/mol. The van der Waals surface area contributed by atoms with Crippen molar-refractivity contribution in [3.8, 4) is 5.75 Å². The summed E-state index contributed by atoms with van der Waals surface area (Å²) in [6, 6.07) is 25.7. The van der Waals surface area contributed by atoms with E-state index >= 15 is 0 Å². The maximum absolute atomic E-state index is 13.5. The molecular weight excluding hydrogens is 392 g/mol. The molecule has 3 aromatic rings. The van der Waals surface area contributed by atoms with E-state index in [0.717, 1.165) is 17.0 Å². The third kappa shape index (κ3) is 3.25. The van der Waals surface area contributed by atoms with E-state index in [4.69, 9.17) is 9.57 Å². The normalized spacial score (nSPS) is 22.7. The summed E-state index contributed by atoms with van der Waals surface area (Å²) in [6.07, 6.45) is -0.871. The highest BCUT2D eigenvalue weighted by Crippen LogP contribution is 2.47. The number of rotatable bonds is 5. The molecule has 0 radical (unpaired) electrons. The van der Waals surface area contributed by atoms with E-state index in [1.165, 1.54) is 4.90 Å². The van der Waals surface area contributed by atoms with Crippen LogP contribution < -0.4 is 14.7 Å². The first kappa shape index (κ1) is 19.3. The summed E-state index contributed by atoms with van der Waals surface area (Å²) in [6.45, 7) is 2.51. The molecule has 2 amide bonds. The molecule has 0 spiro atoms. The Bertz CT molecular complexity index is 1090. The topological polar surface area (TPSA) is 59.1 Å². The van der Waals surface area contributed by atoms with Crippen molar-refractivity contribution in [2.24, 2.45) is 5.92 Å². The first-order valence-corrected chi connectivity index (χ1v) is 10.4. The van der Waals surface area contributed by atoms with E-state index in [9.17, 15) is 9.59 Å². The molecule has 31 heavy (non-hydrogen) atoms. The number of hydrogen-bond donors (Lipinski definition) is 0. The Morgan fingerprint density at radius 3 is 2.03 bits per heavy atom. The summed E-state index contributed by atoms with van der Waals surface area (Å²) in [5, 5.41) is 1.70. The molecule has 0 aromatic heterocycles. The van der Waals surface area contributed by atoms with Crippen LogP contribution in [0, 0.1) is 5.92 Å². The van der Waals surface area contributed by atoms with Gasteiger partial charge in [-0.25, -0.2) is 9.96 Å². The predicted octanol–water partition coefficient (Wildman–Crippen LogP) is 4.14. The highest BCUT2D eigenvalue weighted by molar-refractivity contribution is 6.23. The number of hydrogen-bond acceptors (Lipinski definition) is 5. The summed E-state index contributed by atoms with van der Waals surface area (Å²) >= 11 is 0. The lowest BCUT2D eigenvalue weighted by atomic mass is 9.90. The van der Waals surface area contributed by atoms with Crippen molar-refractivity contribution in [3.05, 3.63) is 90.5 Å². The zero-order valence-electron chi connectivity index (χ0n) is 17.0. The molecule has 2 heterocycles. The quantitative estimate of drug-likeness (QED) is 0.588. The largest absolute Gasteiger partial charge is 0.494 e. The summed E-state index contributed by atoms with van der Waals surface area (Å²) in [5.41, 5.74) is 2.24. The minimum atomic E-state index is -0.871. The summed E-state index contributed by atoms with van der Waals surface area (Å²) in [4.78, 5) is 34.1. The lowest BCUT2D eigenvalue weighted by molar-refractivity contribution is -0.126. The molecule has 156 valence electrons. The lowest BCUT2D eigenvalue weighted by Crippen LogP contribution is -2.37. The molecule has 0 aliphatic carbocycles. The van der Waals surface area contributed by atoms with Crippen LogP contribution >= 0.6 is 0 Å². The van der Waals surface area contributed by atoms with E-state index in [1.807, 2.05) is 79.7 Å². The van der Waals surface area contributed by atoms with Crippen molar-refractivity contribution in [1.29, 1.82) is 0 Å². The minimum Gasteiger partial charge on any atom is -0.494 e. The third-order valence-electron chi connectivity index (χ3n) is 5.67. The number of fused-ring (bicyclic) bond motifs is 1. The van der Waals surface area contributed by atoms with Crippen LogP contribution in [0.15, 0.2) is 84.9 Å². The van der Waals surface area contributed by atoms with Crippen molar-refractivity contribution in [1.82, 2.24) is 0 Å². The molecule has 2 aliphatic rings. The second-order valence-corrected chi connectivity index (χ2v) is 7.51. The van der Waals surface area contributed by atoms with Gasteiger partial charge in [-0.05, 0) is 48.9 Å². The van der Waals surface area contributed by atoms with Crippen molar-refractivity contribution < 1.29 is 19.2 Å². The molecule has 3 aromatic carbocycles. The molecule has 6 heteroatoms. The number of imide groups is 1. The number of benzene rings is 3. The number of anilines is 2. The molecule has 2 aliphatic heterocycles. The zero-order valence-corrected chi connectivity index (χ0v) is 17.0. The Morgan fingerprint density at radius 1 is 0.806 bits per heavy atom. The molecule has 2 fully saturated rings. The third-order valence-corrected chi connectivity index (χ3v) is 5.67. The highest BCUT2D eigenvalue weighted by atomic mass is 16.7. The average molecular weight is 414 g/mol. The van der Waals surface area contributed by atoms with Crippen molar-refractivity contribution in [3.63, 3.8) is 0 Å². The second-order valence-electron chi connectivity index (χ2n) is 7.51. The van der Waals surface area contributed by atoms with Gasteiger partial charge in [0.1, 0.15) is 11.7 Å². The van der Waals surface area contributed by atoms with Crippen LogP contribution in [-0.2, 0) is 14.4 Å². The van der Waals surface area contributed by atoms with Crippen LogP contribution in [0.25, 0.3) is 0 Å². The van der Waals surface area contributed by atoms with E-state index in [1.54, 1.807) is 17.2 Å². The molecular formula is C25H22N2O4. The number of para-hydroxylation sites is 2. The molecule has 5 rings (SSSR count). The first-order chi connectivity index (χ1) is 15.2. The van der Waals surface area contributed by atoms with Gasteiger partial charge in [0.05, 0.1) is 24.0 Å². The SMILES string of the molecule is CCOc1ccc([C@H]2[C@@H]3C(=O)N(c4ccccc4)C(=O)[C@H]3ON2c2ccccc2)cc1. The summed E-state index contributed by atoms with van der Waals surface area (Å²) in [7, 11) is 0. The molecule has 0 bridgehead atoms. The summed E-state index contributed by atoms with van der Waals surface area (Å²) < 4.78 is 5.56. The van der Waals surface area contributed by atoms with Gasteiger partial charge < -0.3 is 4.74 Å². The summed E-state index contributed by atoms with van der Waals surface area (Å²) in [5.74, 6) is -0.479. The highest BCUT2D eigenvalue weighted by Gasteiger charge is 2.60. The van der Waals surface area contributed by atoms with E-state index in [-0.39, 0.29) is 11.8 Å². The van der Waals surface area contributed by atoms with Gasteiger partial charge in [0.2, 0.25) is 5.91 Å². The number of carbonyl (C=O) groups is 2. The molecule has 0 unspecified atom stereocenters. The van der Waals surface area contributed by atoms with E-state index in [2.05, 4.69) is 0 Å². The van der Waals surface area contributed by atoms with Crippen LogP contribution in [0.3, 0.4) is 0 Å². The molecule has 2 saturated heterocycles. The van der Waals surface area contributed by atoms with Crippen LogP contribution in [0.5, 0.6) is 5.75 Å². The van der Waals surface area contributed by atoms with Gasteiger partial charge >= 0.3 is 0 Å². The monoisotopic (exact) mass is 414 g/mol. The van der Waals surface area contributed by atoms with Gasteiger partial charge in [-0.3, -0.25) is 14.4 Å². The second kappa shape index (κ2) is 7.89. The van der Waals surface area contributed by atoms with E-state index in [0.29, 0.717) is 12.3 Å². The van der Waals surface area contributed by atoms with E-state index < -0.39 is 18.1 Å². The van der Waals surface area contributed by atoms with Gasteiger partial charge in [-0.1, -0.05) is 48.5 Å². The Labute approximate surface area is 180 Å². The standard InChI is InChI=1S/C25H22N2O4/c1-2-30-20-15-13-17(14-16-20)22-21-23(31-27(22)19-11-7-4-8-12-19)25(29)26(24(21)28)18-9-5-3-6-10-18/h3-16,21-23H,2H2,1H3/t21-,22-,23-/m0/s1. The molecule has 3 atom stereocenters. The van der Waals surface area contributed by atoms with Crippen molar-refractivity contribution >= 4 is 23.2 Å². The smallest absolute Gasteiger partial charge is 0.266 e. The minimum absolute atomic E-state index is 0.251. The van der Waals surface area contributed by atoms with Crippen LogP contribution in [0.4, 0.5) is 11.4 Å². The fraction of sp³-hybridized carbons (Fsp3) is 0.200. The Hall–Kier alpha value is -3.64. The number of carbonyl (C=O) groups excluding carboxylic acids is 2.